The largest absolute Gasteiger partial charge is 0.393 e. The van der Waals surface area contributed by atoms with Crippen molar-refractivity contribution < 1.29 is 9.63 Å². The van der Waals surface area contributed by atoms with Gasteiger partial charge in [0.15, 0.2) is 5.82 Å². The van der Waals surface area contributed by atoms with E-state index in [1.54, 1.807) is 11.3 Å². The molecule has 17 heavy (non-hydrogen) atoms. The fraction of sp³-hybridized carbons (Fsp3) is 0.545. The van der Waals surface area contributed by atoms with E-state index in [2.05, 4.69) is 15.1 Å². The molecule has 3 rings (SSSR count). The predicted molar refractivity (Wildman–Crippen MR) is 61.9 cm³/mol. The highest BCUT2D eigenvalue weighted by atomic mass is 32.1. The molecule has 1 fully saturated rings. The van der Waals surface area contributed by atoms with E-state index in [0.717, 1.165) is 23.5 Å². The monoisotopic (exact) mass is 251 g/mol. The molecule has 0 unspecified atom stereocenters. The van der Waals surface area contributed by atoms with Crippen LogP contribution in [0.4, 0.5) is 0 Å². The number of rotatable bonds is 3. The molecule has 0 atom stereocenters. The minimum absolute atomic E-state index is 0.198. The standard InChI is InChI=1S/C11H13N3O2S/c1-6-12-8(5-17-6)4-10-13-11(16-14-10)7-2-9(15)3-7/h5,7,9,15H,2-4H2,1H3. The Morgan fingerprint density at radius 1 is 1.47 bits per heavy atom. The fourth-order valence-electron chi connectivity index (χ4n) is 1.95. The van der Waals surface area contributed by atoms with E-state index in [-0.39, 0.29) is 12.0 Å². The maximum Gasteiger partial charge on any atom is 0.229 e. The molecular weight excluding hydrogens is 238 g/mol. The molecule has 0 amide bonds. The molecule has 2 aromatic heterocycles. The molecule has 0 aromatic carbocycles. The SMILES string of the molecule is Cc1nc(Cc2noc(C3CC(O)C3)n2)cs1. The quantitative estimate of drug-likeness (QED) is 0.898. The van der Waals surface area contributed by atoms with Crippen molar-refractivity contribution in [3.63, 3.8) is 0 Å². The Hall–Kier alpha value is -1.27. The second kappa shape index (κ2) is 4.19. The van der Waals surface area contributed by atoms with Crippen molar-refractivity contribution in [3.8, 4) is 0 Å². The summed E-state index contributed by atoms with van der Waals surface area (Å²) < 4.78 is 5.20. The fourth-order valence-corrected chi connectivity index (χ4v) is 2.56. The maximum absolute atomic E-state index is 9.23. The van der Waals surface area contributed by atoms with Crippen molar-refractivity contribution in [2.45, 2.75) is 38.2 Å². The van der Waals surface area contributed by atoms with Gasteiger partial charge < -0.3 is 9.63 Å². The molecule has 0 radical (unpaired) electrons. The van der Waals surface area contributed by atoms with Crippen LogP contribution in [0, 0.1) is 6.92 Å². The number of hydrogen-bond donors (Lipinski definition) is 1. The lowest BCUT2D eigenvalue weighted by molar-refractivity contribution is 0.0625. The van der Waals surface area contributed by atoms with Gasteiger partial charge in [0, 0.05) is 11.3 Å². The van der Waals surface area contributed by atoms with Crippen molar-refractivity contribution in [1.29, 1.82) is 0 Å². The molecule has 1 aliphatic rings. The molecular formula is C11H13N3O2S. The zero-order valence-electron chi connectivity index (χ0n) is 9.46. The molecule has 1 aliphatic carbocycles. The molecule has 1 saturated carbocycles. The smallest absolute Gasteiger partial charge is 0.229 e. The zero-order chi connectivity index (χ0) is 11.8. The van der Waals surface area contributed by atoms with Gasteiger partial charge in [-0.05, 0) is 19.8 Å². The predicted octanol–water partition coefficient (Wildman–Crippen LogP) is 1.66. The van der Waals surface area contributed by atoms with Crippen molar-refractivity contribution >= 4 is 11.3 Å². The summed E-state index contributed by atoms with van der Waals surface area (Å²) in [6, 6.07) is 0. The second-order valence-electron chi connectivity index (χ2n) is 4.41. The van der Waals surface area contributed by atoms with Gasteiger partial charge in [0.05, 0.1) is 23.2 Å². The maximum atomic E-state index is 9.23. The van der Waals surface area contributed by atoms with E-state index < -0.39 is 0 Å². The van der Waals surface area contributed by atoms with Crippen LogP contribution >= 0.6 is 11.3 Å². The van der Waals surface area contributed by atoms with Gasteiger partial charge in [-0.3, -0.25) is 0 Å². The number of nitrogens with zero attached hydrogens (tertiary/aromatic N) is 3. The highest BCUT2D eigenvalue weighted by Gasteiger charge is 2.32. The molecule has 90 valence electrons. The van der Waals surface area contributed by atoms with Crippen molar-refractivity contribution in [1.82, 2.24) is 15.1 Å². The van der Waals surface area contributed by atoms with E-state index in [1.807, 2.05) is 12.3 Å². The molecule has 6 heteroatoms. The summed E-state index contributed by atoms with van der Waals surface area (Å²) in [6.45, 7) is 1.98. The summed E-state index contributed by atoms with van der Waals surface area (Å²) >= 11 is 1.62. The van der Waals surface area contributed by atoms with Gasteiger partial charge >= 0.3 is 0 Å². The first kappa shape index (κ1) is 10.9. The van der Waals surface area contributed by atoms with Crippen LogP contribution in [-0.2, 0) is 6.42 Å². The molecule has 2 aromatic rings. The van der Waals surface area contributed by atoms with Gasteiger partial charge in [-0.15, -0.1) is 11.3 Å². The normalized spacial score (nSPS) is 23.6. The molecule has 0 bridgehead atoms. The van der Waals surface area contributed by atoms with E-state index in [9.17, 15) is 5.11 Å². The third kappa shape index (κ3) is 2.23. The average Bonchev–Trinajstić information content (AvgIpc) is 2.84. The van der Waals surface area contributed by atoms with Gasteiger partial charge in [0.2, 0.25) is 5.89 Å². The van der Waals surface area contributed by atoms with Gasteiger partial charge in [0.1, 0.15) is 0 Å². The molecule has 0 saturated heterocycles. The highest BCUT2D eigenvalue weighted by Crippen LogP contribution is 2.35. The van der Waals surface area contributed by atoms with E-state index >= 15 is 0 Å². The third-order valence-corrected chi connectivity index (χ3v) is 3.77. The van der Waals surface area contributed by atoms with Crippen LogP contribution < -0.4 is 0 Å². The third-order valence-electron chi connectivity index (χ3n) is 2.95. The number of aliphatic hydroxyl groups is 1. The van der Waals surface area contributed by atoms with Gasteiger partial charge in [0.25, 0.3) is 0 Å². The Morgan fingerprint density at radius 3 is 2.94 bits per heavy atom. The summed E-state index contributed by atoms with van der Waals surface area (Å²) in [7, 11) is 0. The van der Waals surface area contributed by atoms with Crippen LogP contribution in [0.5, 0.6) is 0 Å². The molecule has 2 heterocycles. The highest BCUT2D eigenvalue weighted by molar-refractivity contribution is 7.09. The Labute approximate surface area is 103 Å². The lowest BCUT2D eigenvalue weighted by Gasteiger charge is -2.27. The lowest BCUT2D eigenvalue weighted by atomic mass is 9.82. The number of aromatic nitrogens is 3. The van der Waals surface area contributed by atoms with Crippen molar-refractivity contribution in [2.24, 2.45) is 0 Å². The van der Waals surface area contributed by atoms with Crippen molar-refractivity contribution in [3.05, 3.63) is 27.8 Å². The minimum Gasteiger partial charge on any atom is -0.393 e. The Balaban J connectivity index is 1.68. The topological polar surface area (TPSA) is 72.0 Å². The van der Waals surface area contributed by atoms with Crippen LogP contribution in [0.2, 0.25) is 0 Å². The lowest BCUT2D eigenvalue weighted by Crippen LogP contribution is -2.26. The minimum atomic E-state index is -0.198. The van der Waals surface area contributed by atoms with E-state index in [4.69, 9.17) is 4.52 Å². The molecule has 0 aliphatic heterocycles. The number of aliphatic hydroxyl groups excluding tert-OH is 1. The summed E-state index contributed by atoms with van der Waals surface area (Å²) in [5, 5.41) is 16.2. The first-order valence-corrected chi connectivity index (χ1v) is 6.50. The van der Waals surface area contributed by atoms with Gasteiger partial charge in [-0.1, -0.05) is 5.16 Å². The second-order valence-corrected chi connectivity index (χ2v) is 5.47. The number of aryl methyl sites for hydroxylation is 1. The van der Waals surface area contributed by atoms with E-state index in [1.165, 1.54) is 0 Å². The van der Waals surface area contributed by atoms with Crippen LogP contribution in [0.3, 0.4) is 0 Å². The number of hydrogen-bond acceptors (Lipinski definition) is 6. The van der Waals surface area contributed by atoms with Crippen LogP contribution in [0.25, 0.3) is 0 Å². The first-order chi connectivity index (χ1) is 8.20. The summed E-state index contributed by atoms with van der Waals surface area (Å²) in [5.41, 5.74) is 0.980. The van der Waals surface area contributed by atoms with Crippen LogP contribution in [0.15, 0.2) is 9.90 Å². The summed E-state index contributed by atoms with van der Waals surface area (Å²) in [6.07, 6.45) is 1.88. The van der Waals surface area contributed by atoms with Gasteiger partial charge in [-0.25, -0.2) is 4.98 Å². The van der Waals surface area contributed by atoms with E-state index in [0.29, 0.717) is 18.1 Å². The Morgan fingerprint density at radius 2 is 2.29 bits per heavy atom. The summed E-state index contributed by atoms with van der Waals surface area (Å²) in [5.74, 6) is 1.56. The van der Waals surface area contributed by atoms with Crippen LogP contribution in [0.1, 0.15) is 41.2 Å². The molecule has 5 nitrogen and oxygen atoms in total. The van der Waals surface area contributed by atoms with Crippen LogP contribution in [-0.4, -0.2) is 26.3 Å². The average molecular weight is 251 g/mol. The summed E-state index contributed by atoms with van der Waals surface area (Å²) in [4.78, 5) is 8.71. The zero-order valence-corrected chi connectivity index (χ0v) is 10.3. The molecule has 1 N–H and O–H groups in total. The Bertz CT molecular complexity index is 516. The number of thiazole rings is 1. The van der Waals surface area contributed by atoms with Gasteiger partial charge in [-0.2, -0.15) is 4.98 Å². The first-order valence-electron chi connectivity index (χ1n) is 5.62. The Kier molecular flexibility index (Phi) is 2.68. The van der Waals surface area contributed by atoms with Crippen molar-refractivity contribution in [2.75, 3.05) is 0 Å². The molecule has 0 spiro atoms.